The Bertz CT molecular complexity index is 760. The summed E-state index contributed by atoms with van der Waals surface area (Å²) in [4.78, 5) is 14.4. The number of rotatable bonds is 4. The number of aliphatic hydroxyl groups excluding tert-OH is 1. The third kappa shape index (κ3) is 4.43. The average molecular weight is 325 g/mol. The molecule has 2 rings (SSSR count). The molecule has 0 unspecified atom stereocenters. The molecule has 24 heavy (non-hydrogen) atoms. The summed E-state index contributed by atoms with van der Waals surface area (Å²) in [7, 11) is 0. The van der Waals surface area contributed by atoms with Gasteiger partial charge in [-0.15, -0.1) is 0 Å². The molecule has 0 bridgehead atoms. The molecule has 0 saturated carbocycles. The highest BCUT2D eigenvalue weighted by Gasteiger charge is 2.22. The standard InChI is InChI=1S/C20H20FNO2/c1-15(2)22(14-17-7-4-3-5-8-17)20(24)18-13-16(9-6-12-23)10-11-19(18)21/h3-5,7-8,10-11,13,15,23H,12,14H2,1-2H3. The molecule has 124 valence electrons. The molecule has 0 aromatic heterocycles. The molecule has 0 heterocycles. The Morgan fingerprint density at radius 2 is 1.92 bits per heavy atom. The van der Waals surface area contributed by atoms with Crippen molar-refractivity contribution in [2.45, 2.75) is 26.4 Å². The largest absolute Gasteiger partial charge is 0.384 e. The summed E-state index contributed by atoms with van der Waals surface area (Å²) in [5, 5.41) is 8.76. The van der Waals surface area contributed by atoms with Crippen molar-refractivity contribution in [2.75, 3.05) is 6.61 Å². The van der Waals surface area contributed by atoms with Crippen molar-refractivity contribution in [1.29, 1.82) is 0 Å². The molecule has 3 nitrogen and oxygen atoms in total. The maximum absolute atomic E-state index is 14.2. The van der Waals surface area contributed by atoms with Gasteiger partial charge < -0.3 is 10.0 Å². The first-order valence-corrected chi connectivity index (χ1v) is 7.77. The van der Waals surface area contributed by atoms with Crippen molar-refractivity contribution in [3.05, 3.63) is 71.0 Å². The molecule has 0 aliphatic heterocycles. The van der Waals surface area contributed by atoms with Gasteiger partial charge in [-0.1, -0.05) is 42.2 Å². The molecule has 0 fully saturated rings. The lowest BCUT2D eigenvalue weighted by molar-refractivity contribution is 0.0685. The smallest absolute Gasteiger partial charge is 0.257 e. The number of carbonyl (C=O) groups is 1. The fourth-order valence-corrected chi connectivity index (χ4v) is 2.33. The van der Waals surface area contributed by atoms with Crippen molar-refractivity contribution in [1.82, 2.24) is 4.90 Å². The topological polar surface area (TPSA) is 40.5 Å². The molecular formula is C20H20FNO2. The van der Waals surface area contributed by atoms with Crippen LogP contribution in [0.4, 0.5) is 4.39 Å². The quantitative estimate of drug-likeness (QED) is 0.877. The number of nitrogens with zero attached hydrogens (tertiary/aromatic N) is 1. The summed E-state index contributed by atoms with van der Waals surface area (Å²) in [6.07, 6.45) is 0. The molecule has 1 N–H and O–H groups in total. The van der Waals surface area contributed by atoms with Crippen LogP contribution in [0.25, 0.3) is 0 Å². The van der Waals surface area contributed by atoms with Crippen LogP contribution in [0.15, 0.2) is 48.5 Å². The van der Waals surface area contributed by atoms with Gasteiger partial charge in [0.05, 0.1) is 5.56 Å². The van der Waals surface area contributed by atoms with E-state index in [1.165, 1.54) is 18.2 Å². The average Bonchev–Trinajstić information content (AvgIpc) is 2.59. The van der Waals surface area contributed by atoms with Crippen molar-refractivity contribution in [2.24, 2.45) is 0 Å². The molecule has 0 radical (unpaired) electrons. The van der Waals surface area contributed by atoms with Crippen LogP contribution in [0.1, 0.15) is 35.3 Å². The molecule has 0 atom stereocenters. The van der Waals surface area contributed by atoms with Crippen LogP contribution < -0.4 is 0 Å². The summed E-state index contributed by atoms with van der Waals surface area (Å²) in [6, 6.07) is 13.7. The molecule has 1 amide bonds. The summed E-state index contributed by atoms with van der Waals surface area (Å²) in [5.41, 5.74) is 1.47. The van der Waals surface area contributed by atoms with E-state index in [0.717, 1.165) is 5.56 Å². The van der Waals surface area contributed by atoms with E-state index in [4.69, 9.17) is 5.11 Å². The highest BCUT2D eigenvalue weighted by atomic mass is 19.1. The van der Waals surface area contributed by atoms with Gasteiger partial charge in [0.25, 0.3) is 5.91 Å². The minimum atomic E-state index is -0.576. The Hall–Kier alpha value is -2.64. The van der Waals surface area contributed by atoms with Crippen LogP contribution in [0.3, 0.4) is 0 Å². The molecule has 0 saturated heterocycles. The number of amides is 1. The molecule has 0 aliphatic rings. The highest BCUT2D eigenvalue weighted by molar-refractivity contribution is 5.95. The van der Waals surface area contributed by atoms with Gasteiger partial charge in [0, 0.05) is 18.2 Å². The molecule has 4 heteroatoms. The van der Waals surface area contributed by atoms with E-state index in [9.17, 15) is 9.18 Å². The van der Waals surface area contributed by atoms with Crippen LogP contribution in [0.2, 0.25) is 0 Å². The van der Waals surface area contributed by atoms with Crippen LogP contribution in [0.5, 0.6) is 0 Å². The molecule has 0 spiro atoms. The van der Waals surface area contributed by atoms with E-state index < -0.39 is 5.82 Å². The fraction of sp³-hybridized carbons (Fsp3) is 0.250. The summed E-state index contributed by atoms with van der Waals surface area (Å²) in [5.74, 6) is 4.25. The van der Waals surface area contributed by atoms with E-state index in [0.29, 0.717) is 12.1 Å². The lowest BCUT2D eigenvalue weighted by atomic mass is 10.1. The van der Waals surface area contributed by atoms with Gasteiger partial charge in [-0.3, -0.25) is 4.79 Å². The monoisotopic (exact) mass is 325 g/mol. The molecule has 2 aromatic rings. The number of benzene rings is 2. The highest BCUT2D eigenvalue weighted by Crippen LogP contribution is 2.17. The van der Waals surface area contributed by atoms with Crippen molar-refractivity contribution in [3.63, 3.8) is 0 Å². The van der Waals surface area contributed by atoms with Gasteiger partial charge in [0.1, 0.15) is 12.4 Å². The van der Waals surface area contributed by atoms with E-state index in [1.54, 1.807) is 4.90 Å². The lowest BCUT2D eigenvalue weighted by Gasteiger charge is -2.27. The third-order valence-electron chi connectivity index (χ3n) is 3.59. The number of aliphatic hydroxyl groups is 1. The maximum atomic E-state index is 14.2. The van der Waals surface area contributed by atoms with Gasteiger partial charge in [0.2, 0.25) is 0 Å². The van der Waals surface area contributed by atoms with Gasteiger partial charge in [-0.25, -0.2) is 4.39 Å². The van der Waals surface area contributed by atoms with E-state index in [-0.39, 0.29) is 24.1 Å². The maximum Gasteiger partial charge on any atom is 0.257 e. The number of halogens is 1. The second-order valence-electron chi connectivity index (χ2n) is 5.67. The number of carbonyl (C=O) groups excluding carboxylic acids is 1. The summed E-state index contributed by atoms with van der Waals surface area (Å²) in [6.45, 7) is 3.92. The second-order valence-corrected chi connectivity index (χ2v) is 5.67. The SMILES string of the molecule is CC(C)N(Cc1ccccc1)C(=O)c1cc(C#CCO)ccc1F. The van der Waals surface area contributed by atoms with Crippen molar-refractivity contribution in [3.8, 4) is 11.8 Å². The lowest BCUT2D eigenvalue weighted by Crippen LogP contribution is -2.36. The Balaban J connectivity index is 2.32. The zero-order chi connectivity index (χ0) is 17.5. The van der Waals surface area contributed by atoms with Crippen LogP contribution in [0, 0.1) is 17.7 Å². The third-order valence-corrected chi connectivity index (χ3v) is 3.59. The molecule has 0 aliphatic carbocycles. The minimum absolute atomic E-state index is 0.00984. The normalized spacial score (nSPS) is 10.2. The zero-order valence-electron chi connectivity index (χ0n) is 13.8. The van der Waals surface area contributed by atoms with Crippen molar-refractivity contribution < 1.29 is 14.3 Å². The predicted octanol–water partition coefficient (Wildman–Crippen LogP) is 3.22. The minimum Gasteiger partial charge on any atom is -0.384 e. The summed E-state index contributed by atoms with van der Waals surface area (Å²) >= 11 is 0. The first kappa shape index (κ1) is 17.7. The first-order valence-electron chi connectivity index (χ1n) is 7.77. The molecular weight excluding hydrogens is 305 g/mol. The van der Waals surface area contributed by atoms with Gasteiger partial charge >= 0.3 is 0 Å². The Morgan fingerprint density at radius 1 is 1.21 bits per heavy atom. The van der Waals surface area contributed by atoms with Crippen LogP contribution in [-0.2, 0) is 6.54 Å². The number of hydrogen-bond acceptors (Lipinski definition) is 2. The number of hydrogen-bond donors (Lipinski definition) is 1. The second kappa shape index (κ2) is 8.28. The van der Waals surface area contributed by atoms with Gasteiger partial charge in [0.15, 0.2) is 0 Å². The van der Waals surface area contributed by atoms with Crippen molar-refractivity contribution >= 4 is 5.91 Å². The van der Waals surface area contributed by atoms with Crippen LogP contribution >= 0.6 is 0 Å². The van der Waals surface area contributed by atoms with E-state index in [1.807, 2.05) is 44.2 Å². The van der Waals surface area contributed by atoms with E-state index in [2.05, 4.69) is 11.8 Å². The van der Waals surface area contributed by atoms with Gasteiger partial charge in [-0.05, 0) is 37.6 Å². The molecule has 2 aromatic carbocycles. The Kier molecular flexibility index (Phi) is 6.11. The summed E-state index contributed by atoms with van der Waals surface area (Å²) < 4.78 is 14.2. The Labute approximate surface area is 141 Å². The fourth-order valence-electron chi connectivity index (χ4n) is 2.33. The van der Waals surface area contributed by atoms with Gasteiger partial charge in [-0.2, -0.15) is 0 Å². The van der Waals surface area contributed by atoms with E-state index >= 15 is 0 Å². The predicted molar refractivity (Wildman–Crippen MR) is 91.8 cm³/mol. The Morgan fingerprint density at radius 3 is 2.54 bits per heavy atom. The first-order chi connectivity index (χ1) is 11.5. The zero-order valence-corrected chi connectivity index (χ0v) is 13.8. The van der Waals surface area contributed by atoms with Crippen LogP contribution in [-0.4, -0.2) is 28.6 Å².